The van der Waals surface area contributed by atoms with Gasteiger partial charge in [0.1, 0.15) is 5.92 Å². The SMILES string of the molecule is CCOC(=O)C(C#N)C1CC2CCC(C1)N2c1cc(OC)c(OC)c(OC)c1. The minimum atomic E-state index is -0.690. The lowest BCUT2D eigenvalue weighted by Crippen LogP contribution is -2.45. The lowest BCUT2D eigenvalue weighted by molar-refractivity contribution is -0.148. The summed E-state index contributed by atoms with van der Waals surface area (Å²) in [5.74, 6) is 0.767. The lowest BCUT2D eigenvalue weighted by Gasteiger charge is -2.41. The molecule has 0 spiro atoms. The maximum atomic E-state index is 12.2. The molecule has 3 atom stereocenters. The second kappa shape index (κ2) is 8.59. The molecule has 3 rings (SSSR count). The molecule has 1 aromatic carbocycles. The molecule has 0 amide bonds. The number of methoxy groups -OCH3 is 3. The summed E-state index contributed by atoms with van der Waals surface area (Å²) in [7, 11) is 4.81. The highest BCUT2D eigenvalue weighted by Crippen LogP contribution is 2.48. The maximum absolute atomic E-state index is 12.2. The summed E-state index contributed by atoms with van der Waals surface area (Å²) < 4.78 is 21.5. The topological polar surface area (TPSA) is 81.0 Å². The van der Waals surface area contributed by atoms with Crippen LogP contribution in [0.4, 0.5) is 5.69 Å². The number of esters is 1. The Labute approximate surface area is 166 Å². The second-order valence-corrected chi connectivity index (χ2v) is 7.27. The van der Waals surface area contributed by atoms with Gasteiger partial charge in [0.2, 0.25) is 5.75 Å². The highest BCUT2D eigenvalue weighted by atomic mass is 16.5. The van der Waals surface area contributed by atoms with Gasteiger partial charge in [0, 0.05) is 29.9 Å². The summed E-state index contributed by atoms with van der Waals surface area (Å²) in [6.45, 7) is 2.07. The zero-order valence-electron chi connectivity index (χ0n) is 16.9. The molecule has 2 aliphatic rings. The van der Waals surface area contributed by atoms with Crippen LogP contribution in [-0.2, 0) is 9.53 Å². The van der Waals surface area contributed by atoms with Gasteiger partial charge >= 0.3 is 5.97 Å². The first kappa shape index (κ1) is 20.1. The van der Waals surface area contributed by atoms with E-state index in [1.54, 1.807) is 28.3 Å². The van der Waals surface area contributed by atoms with E-state index in [9.17, 15) is 10.1 Å². The van der Waals surface area contributed by atoms with Crippen molar-refractivity contribution in [2.24, 2.45) is 11.8 Å². The normalized spacial score (nSPS) is 24.2. The number of hydrogen-bond donors (Lipinski definition) is 0. The van der Waals surface area contributed by atoms with Gasteiger partial charge in [-0.2, -0.15) is 5.26 Å². The Balaban J connectivity index is 1.86. The number of benzene rings is 1. The largest absolute Gasteiger partial charge is 0.493 e. The Morgan fingerprint density at radius 2 is 1.71 bits per heavy atom. The monoisotopic (exact) mass is 388 g/mol. The van der Waals surface area contributed by atoms with Crippen LogP contribution in [-0.4, -0.2) is 46.0 Å². The zero-order valence-corrected chi connectivity index (χ0v) is 16.9. The molecule has 2 heterocycles. The fourth-order valence-corrected chi connectivity index (χ4v) is 4.71. The average Bonchev–Trinajstić information content (AvgIpc) is 2.97. The van der Waals surface area contributed by atoms with E-state index in [-0.39, 0.29) is 18.0 Å². The Hall–Kier alpha value is -2.62. The molecule has 0 aromatic heterocycles. The number of rotatable bonds is 7. The third-order valence-corrected chi connectivity index (χ3v) is 5.87. The molecular weight excluding hydrogens is 360 g/mol. The second-order valence-electron chi connectivity index (χ2n) is 7.27. The van der Waals surface area contributed by atoms with E-state index in [0.29, 0.717) is 23.9 Å². The van der Waals surface area contributed by atoms with Gasteiger partial charge in [0.05, 0.1) is 34.0 Å². The molecule has 0 aliphatic carbocycles. The summed E-state index contributed by atoms with van der Waals surface area (Å²) in [5, 5.41) is 9.53. The quantitative estimate of drug-likeness (QED) is 0.664. The number of carbonyl (C=O) groups excluding carboxylic acids is 1. The number of nitriles is 1. The van der Waals surface area contributed by atoms with E-state index in [1.165, 1.54) is 0 Å². The van der Waals surface area contributed by atoms with Gasteiger partial charge in [-0.3, -0.25) is 4.79 Å². The summed E-state index contributed by atoms with van der Waals surface area (Å²) in [6.07, 6.45) is 3.67. The Morgan fingerprint density at radius 3 is 2.14 bits per heavy atom. The third-order valence-electron chi connectivity index (χ3n) is 5.87. The first-order valence-electron chi connectivity index (χ1n) is 9.72. The molecule has 152 valence electrons. The van der Waals surface area contributed by atoms with Crippen LogP contribution >= 0.6 is 0 Å². The van der Waals surface area contributed by atoms with Crippen LogP contribution in [0.25, 0.3) is 0 Å². The predicted octanol–water partition coefficient (Wildman–Crippen LogP) is 3.16. The number of carbonyl (C=O) groups is 1. The number of fused-ring (bicyclic) bond motifs is 2. The van der Waals surface area contributed by atoms with Crippen LogP contribution < -0.4 is 19.1 Å². The van der Waals surface area contributed by atoms with Crippen molar-refractivity contribution >= 4 is 11.7 Å². The van der Waals surface area contributed by atoms with Gasteiger partial charge in [-0.25, -0.2) is 0 Å². The fraction of sp³-hybridized carbons (Fsp3) is 0.619. The molecule has 7 nitrogen and oxygen atoms in total. The van der Waals surface area contributed by atoms with Crippen LogP contribution in [0.3, 0.4) is 0 Å². The van der Waals surface area contributed by atoms with Gasteiger partial charge in [-0.05, 0) is 38.5 Å². The van der Waals surface area contributed by atoms with Crippen molar-refractivity contribution in [3.8, 4) is 23.3 Å². The van der Waals surface area contributed by atoms with Crippen LogP contribution in [0.5, 0.6) is 17.2 Å². The Kier molecular flexibility index (Phi) is 6.18. The molecule has 28 heavy (non-hydrogen) atoms. The molecule has 1 aromatic rings. The van der Waals surface area contributed by atoms with Crippen LogP contribution in [0.2, 0.25) is 0 Å². The minimum absolute atomic E-state index is 0.0276. The zero-order chi connectivity index (χ0) is 20.3. The first-order valence-corrected chi connectivity index (χ1v) is 9.72. The number of anilines is 1. The third kappa shape index (κ3) is 3.56. The number of hydrogen-bond acceptors (Lipinski definition) is 7. The molecular formula is C21H28N2O5. The van der Waals surface area contributed by atoms with Gasteiger partial charge in [-0.15, -0.1) is 0 Å². The fourth-order valence-electron chi connectivity index (χ4n) is 4.71. The van der Waals surface area contributed by atoms with E-state index < -0.39 is 11.9 Å². The molecule has 7 heteroatoms. The minimum Gasteiger partial charge on any atom is -0.493 e. The molecule has 2 saturated heterocycles. The molecule has 2 fully saturated rings. The summed E-state index contributed by atoms with van der Waals surface area (Å²) >= 11 is 0. The van der Waals surface area contributed by atoms with Gasteiger partial charge < -0.3 is 23.8 Å². The van der Waals surface area contributed by atoms with Crippen molar-refractivity contribution in [2.75, 3.05) is 32.8 Å². The van der Waals surface area contributed by atoms with E-state index in [1.807, 2.05) is 12.1 Å². The van der Waals surface area contributed by atoms with Crippen molar-refractivity contribution in [1.82, 2.24) is 0 Å². The van der Waals surface area contributed by atoms with E-state index in [4.69, 9.17) is 18.9 Å². The van der Waals surface area contributed by atoms with Crippen LogP contribution in [0.1, 0.15) is 32.6 Å². The lowest BCUT2D eigenvalue weighted by atomic mass is 9.81. The smallest absolute Gasteiger partial charge is 0.323 e. The van der Waals surface area contributed by atoms with Crippen LogP contribution in [0.15, 0.2) is 12.1 Å². The number of piperidine rings is 1. The highest BCUT2D eigenvalue weighted by Gasteiger charge is 2.45. The predicted molar refractivity (Wildman–Crippen MR) is 104 cm³/mol. The molecule has 0 radical (unpaired) electrons. The standard InChI is InChI=1S/C21H28N2O5/c1-5-28-21(24)17(12-22)13-8-14-6-7-15(9-13)23(14)16-10-18(25-2)20(27-4)19(11-16)26-3/h10-11,13-15,17H,5-9H2,1-4H3. The van der Waals surface area contributed by atoms with E-state index in [0.717, 1.165) is 31.4 Å². The van der Waals surface area contributed by atoms with Crippen molar-refractivity contribution in [1.29, 1.82) is 5.26 Å². The Morgan fingerprint density at radius 1 is 1.14 bits per heavy atom. The first-order chi connectivity index (χ1) is 13.6. The van der Waals surface area contributed by atoms with Gasteiger partial charge in [0.25, 0.3) is 0 Å². The molecule has 2 bridgehead atoms. The van der Waals surface area contributed by atoms with Gasteiger partial charge in [0.15, 0.2) is 11.5 Å². The maximum Gasteiger partial charge on any atom is 0.323 e. The van der Waals surface area contributed by atoms with Crippen molar-refractivity contribution in [2.45, 2.75) is 44.7 Å². The highest BCUT2D eigenvalue weighted by molar-refractivity contribution is 5.75. The van der Waals surface area contributed by atoms with Crippen LogP contribution in [0, 0.1) is 23.2 Å². The number of nitrogens with zero attached hydrogens (tertiary/aromatic N) is 2. The van der Waals surface area contributed by atoms with Gasteiger partial charge in [-0.1, -0.05) is 0 Å². The molecule has 2 aliphatic heterocycles. The molecule has 0 saturated carbocycles. The van der Waals surface area contributed by atoms with Crippen molar-refractivity contribution in [3.63, 3.8) is 0 Å². The number of ether oxygens (including phenoxy) is 4. The van der Waals surface area contributed by atoms with Crippen molar-refractivity contribution in [3.05, 3.63) is 12.1 Å². The summed E-state index contributed by atoms with van der Waals surface area (Å²) in [5.41, 5.74) is 1.02. The van der Waals surface area contributed by atoms with Crippen molar-refractivity contribution < 1.29 is 23.7 Å². The Bertz CT molecular complexity index is 721. The average molecular weight is 388 g/mol. The van der Waals surface area contributed by atoms with E-state index >= 15 is 0 Å². The summed E-state index contributed by atoms with van der Waals surface area (Å²) in [4.78, 5) is 14.6. The summed E-state index contributed by atoms with van der Waals surface area (Å²) in [6, 6.07) is 6.68. The molecule has 0 N–H and O–H groups in total. The molecule has 3 unspecified atom stereocenters. The van der Waals surface area contributed by atoms with E-state index in [2.05, 4.69) is 11.0 Å².